The van der Waals surface area contributed by atoms with Crippen molar-refractivity contribution in [1.29, 1.82) is 0 Å². The van der Waals surface area contributed by atoms with Crippen molar-refractivity contribution in [2.45, 2.75) is 70.3 Å². The van der Waals surface area contributed by atoms with Crippen LogP contribution in [0.15, 0.2) is 23.0 Å². The summed E-state index contributed by atoms with van der Waals surface area (Å²) < 4.78 is 33.8. The number of benzene rings is 1. The second-order valence-electron chi connectivity index (χ2n) is 8.11. The zero-order valence-corrected chi connectivity index (χ0v) is 19.5. The molecule has 1 atom stereocenters. The summed E-state index contributed by atoms with van der Waals surface area (Å²) in [4.78, 5) is 12.5. The number of halogens is 2. The smallest absolute Gasteiger partial charge is 0.289 e. The average molecular weight is 468 g/mol. The van der Waals surface area contributed by atoms with Gasteiger partial charge in [0, 0.05) is 17.0 Å². The van der Waals surface area contributed by atoms with E-state index in [-0.39, 0.29) is 22.7 Å². The number of aryl methyl sites for hydroxylation is 1. The van der Waals surface area contributed by atoms with Gasteiger partial charge in [-0.05, 0) is 68.7 Å². The first-order valence-corrected chi connectivity index (χ1v) is 11.9. The van der Waals surface area contributed by atoms with Crippen molar-refractivity contribution < 1.29 is 19.0 Å². The van der Waals surface area contributed by atoms with E-state index in [1.807, 2.05) is 13.8 Å². The number of anilines is 3. The Morgan fingerprint density at radius 2 is 1.97 bits per heavy atom. The van der Waals surface area contributed by atoms with Gasteiger partial charge in [-0.3, -0.25) is 4.79 Å². The fraction of sp³-hybridized carbons (Fsp3) is 0.522. The summed E-state index contributed by atoms with van der Waals surface area (Å²) >= 11 is 1.36. The maximum atomic E-state index is 15.1. The molecule has 1 aliphatic carbocycles. The zero-order chi connectivity index (χ0) is 23.5. The third kappa shape index (κ3) is 5.10. The van der Waals surface area contributed by atoms with Crippen LogP contribution in [0.4, 0.5) is 25.8 Å². The van der Waals surface area contributed by atoms with Crippen molar-refractivity contribution in [1.82, 2.24) is 4.57 Å². The van der Waals surface area contributed by atoms with E-state index >= 15 is 4.39 Å². The Labute approximate surface area is 191 Å². The fourth-order valence-electron chi connectivity index (χ4n) is 3.86. The molecule has 2 aliphatic rings. The molecule has 4 N–H and O–H groups in total. The lowest BCUT2D eigenvalue weighted by molar-refractivity contribution is 0.0865. The van der Waals surface area contributed by atoms with Gasteiger partial charge in [0.1, 0.15) is 11.5 Å². The summed E-state index contributed by atoms with van der Waals surface area (Å²) in [7, 11) is 0. The molecule has 6 nitrogen and oxygen atoms in total. The lowest BCUT2D eigenvalue weighted by atomic mass is 10.2. The molecule has 0 amide bonds. The lowest BCUT2D eigenvalue weighted by Gasteiger charge is -2.22. The summed E-state index contributed by atoms with van der Waals surface area (Å²) in [6.45, 7) is 5.89. The zero-order valence-electron chi connectivity index (χ0n) is 18.7. The van der Waals surface area contributed by atoms with Crippen LogP contribution in [0.3, 0.4) is 0 Å². The Morgan fingerprint density at radius 1 is 1.25 bits per heavy atom. The van der Waals surface area contributed by atoms with E-state index in [0.29, 0.717) is 30.8 Å². The van der Waals surface area contributed by atoms with Crippen molar-refractivity contribution in [2.24, 2.45) is 0 Å². The summed E-state index contributed by atoms with van der Waals surface area (Å²) in [5.41, 5.74) is 1.15. The number of aliphatic hydroxyl groups is 2. The van der Waals surface area contributed by atoms with Gasteiger partial charge in [0.05, 0.1) is 24.1 Å². The molecular formula is C23H31F2N3O3S. The molecule has 4 rings (SSSR count). The Bertz CT molecular complexity index is 1020. The number of rotatable bonds is 8. The van der Waals surface area contributed by atoms with Gasteiger partial charge in [-0.25, -0.2) is 4.39 Å². The molecule has 32 heavy (non-hydrogen) atoms. The Hall–Kier alpha value is -2.10. The topological polar surface area (TPSA) is 86.5 Å². The predicted molar refractivity (Wildman–Crippen MR) is 126 cm³/mol. The van der Waals surface area contributed by atoms with Crippen molar-refractivity contribution in [3.8, 4) is 0 Å². The third-order valence-electron chi connectivity index (χ3n) is 5.69. The number of fused-ring (bicyclic) bond motifs is 1. The summed E-state index contributed by atoms with van der Waals surface area (Å²) in [5.74, 6) is -1.48. The molecular weight excluding hydrogens is 436 g/mol. The Kier molecular flexibility index (Phi) is 7.84. The minimum Gasteiger partial charge on any atom is -0.394 e. The highest BCUT2D eigenvalue weighted by Gasteiger charge is 2.45. The molecule has 1 fully saturated rings. The molecule has 0 spiro atoms. The maximum absolute atomic E-state index is 15.1. The highest BCUT2D eigenvalue weighted by atomic mass is 32.2. The number of hydrogen-bond donors (Lipinski definition) is 4. The summed E-state index contributed by atoms with van der Waals surface area (Å²) in [6.07, 6.45) is 2.64. The van der Waals surface area contributed by atoms with E-state index in [2.05, 4.69) is 10.0 Å². The highest BCUT2D eigenvalue weighted by molar-refractivity contribution is 8.02. The number of pyridine rings is 1. The third-order valence-corrected chi connectivity index (χ3v) is 7.01. The standard InChI is InChI=1S/C21H25F2N3O3S.C2H6/c1-12-4-5-15(14(22)9-12)24-19-17(23)20(29)26-8-2-3-16(26)18(19)25-30-21(6-7-21)10-13(28)11-27;1-2/h4-5,9,13,24-25,27-28H,2-3,6-8,10-11H2,1H3;1-2H3. The maximum Gasteiger partial charge on any atom is 0.289 e. The Morgan fingerprint density at radius 3 is 2.59 bits per heavy atom. The largest absolute Gasteiger partial charge is 0.394 e. The van der Waals surface area contributed by atoms with Crippen LogP contribution < -0.4 is 15.6 Å². The first-order chi connectivity index (χ1) is 15.3. The van der Waals surface area contributed by atoms with E-state index in [0.717, 1.165) is 24.8 Å². The number of nitrogens with one attached hydrogen (secondary N) is 2. The first kappa shape index (κ1) is 24.5. The van der Waals surface area contributed by atoms with Crippen molar-refractivity contribution >= 4 is 29.0 Å². The molecule has 0 saturated heterocycles. The minimum atomic E-state index is -0.955. The number of nitrogens with zero attached hydrogens (tertiary/aromatic N) is 1. The van der Waals surface area contributed by atoms with Gasteiger partial charge in [-0.15, -0.1) is 0 Å². The van der Waals surface area contributed by atoms with Crippen LogP contribution in [0, 0.1) is 18.6 Å². The van der Waals surface area contributed by atoms with Gasteiger partial charge in [0.15, 0.2) is 0 Å². The monoisotopic (exact) mass is 467 g/mol. The highest BCUT2D eigenvalue weighted by Crippen LogP contribution is 2.52. The second-order valence-corrected chi connectivity index (χ2v) is 9.38. The molecule has 9 heteroatoms. The van der Waals surface area contributed by atoms with E-state index in [1.165, 1.54) is 28.6 Å². The van der Waals surface area contributed by atoms with E-state index < -0.39 is 23.3 Å². The molecule has 2 heterocycles. The van der Waals surface area contributed by atoms with Crippen molar-refractivity contribution in [2.75, 3.05) is 16.6 Å². The van der Waals surface area contributed by atoms with Crippen LogP contribution in [0.1, 0.15) is 50.8 Å². The van der Waals surface area contributed by atoms with Gasteiger partial charge in [-0.1, -0.05) is 19.9 Å². The van der Waals surface area contributed by atoms with Crippen LogP contribution >= 0.6 is 11.9 Å². The summed E-state index contributed by atoms with van der Waals surface area (Å²) in [6, 6.07) is 4.57. The molecule has 1 aliphatic heterocycles. The van der Waals surface area contributed by atoms with Gasteiger partial charge < -0.3 is 24.8 Å². The molecule has 1 unspecified atom stereocenters. The quantitative estimate of drug-likeness (QED) is 0.428. The molecule has 176 valence electrons. The number of aromatic nitrogens is 1. The molecule has 1 aromatic heterocycles. The van der Waals surface area contributed by atoms with Gasteiger partial charge in [-0.2, -0.15) is 4.39 Å². The van der Waals surface area contributed by atoms with Crippen LogP contribution in [0.2, 0.25) is 0 Å². The van der Waals surface area contributed by atoms with Gasteiger partial charge >= 0.3 is 0 Å². The van der Waals surface area contributed by atoms with Gasteiger partial charge in [0.25, 0.3) is 5.56 Å². The van der Waals surface area contributed by atoms with Crippen molar-refractivity contribution in [3.05, 3.63) is 51.4 Å². The predicted octanol–water partition coefficient (Wildman–Crippen LogP) is 4.49. The van der Waals surface area contributed by atoms with E-state index in [9.17, 15) is 14.3 Å². The molecule has 1 aromatic carbocycles. The molecule has 1 saturated carbocycles. The van der Waals surface area contributed by atoms with Crippen molar-refractivity contribution in [3.63, 3.8) is 0 Å². The Balaban J connectivity index is 0.00000141. The molecule has 0 radical (unpaired) electrons. The van der Waals surface area contributed by atoms with Crippen LogP contribution in [-0.4, -0.2) is 32.2 Å². The lowest BCUT2D eigenvalue weighted by Crippen LogP contribution is -2.26. The SMILES string of the molecule is CC.Cc1ccc(Nc2c(NSC3(CC(O)CO)CC3)c3n(c(=O)c2F)CCC3)c(F)c1. The molecule has 2 aromatic rings. The second kappa shape index (κ2) is 10.2. The minimum absolute atomic E-state index is 0.0677. The molecule has 0 bridgehead atoms. The van der Waals surface area contributed by atoms with E-state index in [4.69, 9.17) is 5.11 Å². The fourth-order valence-corrected chi connectivity index (χ4v) is 4.98. The number of aliphatic hydroxyl groups excluding tert-OH is 2. The van der Waals surface area contributed by atoms with Crippen LogP contribution in [-0.2, 0) is 13.0 Å². The summed E-state index contributed by atoms with van der Waals surface area (Å²) in [5, 5.41) is 21.8. The number of hydrogen-bond acceptors (Lipinski definition) is 6. The van der Waals surface area contributed by atoms with E-state index in [1.54, 1.807) is 13.0 Å². The van der Waals surface area contributed by atoms with Gasteiger partial charge in [0.2, 0.25) is 5.82 Å². The first-order valence-electron chi connectivity index (χ1n) is 11.0. The average Bonchev–Trinajstić information content (AvgIpc) is 3.36. The normalized spacial score (nSPS) is 16.6. The van der Waals surface area contributed by atoms with Crippen LogP contribution in [0.25, 0.3) is 0 Å². The van der Waals surface area contributed by atoms with Crippen LogP contribution in [0.5, 0.6) is 0 Å².